The molecule has 1 aromatic carbocycles. The van der Waals surface area contributed by atoms with Crippen LogP contribution in [0.25, 0.3) is 10.9 Å². The zero-order chi connectivity index (χ0) is 9.97. The predicted octanol–water partition coefficient (Wildman–Crippen LogP) is 2.25. The number of aromatic nitrogens is 1. The molecular weight excluding hydrogens is 178 g/mol. The molecule has 2 aromatic rings. The van der Waals surface area contributed by atoms with Gasteiger partial charge in [-0.25, -0.2) is 0 Å². The maximum Gasteiger partial charge on any atom is 0.148 e. The fraction of sp³-hybridized carbons (Fsp3) is 0.182. The second-order valence-electron chi connectivity index (χ2n) is 2.90. The van der Waals surface area contributed by atoms with Crippen molar-refractivity contribution in [2.75, 3.05) is 14.2 Å². The number of nitrogens with zero attached hydrogens (tertiary/aromatic N) is 1. The van der Waals surface area contributed by atoms with E-state index in [0.717, 1.165) is 22.4 Å². The summed E-state index contributed by atoms with van der Waals surface area (Å²) in [7, 11) is 3.26. The lowest BCUT2D eigenvalue weighted by atomic mass is 10.2. The third kappa shape index (κ3) is 1.37. The molecule has 0 radical (unpaired) electrons. The summed E-state index contributed by atoms with van der Waals surface area (Å²) in [6.07, 6.45) is 1.75. The van der Waals surface area contributed by atoms with E-state index >= 15 is 0 Å². The second kappa shape index (κ2) is 3.54. The highest BCUT2D eigenvalue weighted by Gasteiger charge is 2.04. The number of rotatable bonds is 2. The first kappa shape index (κ1) is 8.81. The molecule has 0 aliphatic carbocycles. The fourth-order valence-corrected chi connectivity index (χ4v) is 1.41. The van der Waals surface area contributed by atoms with Gasteiger partial charge in [-0.1, -0.05) is 6.07 Å². The van der Waals surface area contributed by atoms with Crippen LogP contribution in [0.4, 0.5) is 0 Å². The lowest BCUT2D eigenvalue weighted by Crippen LogP contribution is -1.90. The van der Waals surface area contributed by atoms with Gasteiger partial charge in [-0.3, -0.25) is 4.98 Å². The summed E-state index contributed by atoms with van der Waals surface area (Å²) in [4.78, 5) is 4.25. The van der Waals surface area contributed by atoms with Crippen LogP contribution >= 0.6 is 0 Å². The summed E-state index contributed by atoms with van der Waals surface area (Å²) < 4.78 is 10.4. The lowest BCUT2D eigenvalue weighted by Gasteiger charge is -2.07. The molecule has 14 heavy (non-hydrogen) atoms. The summed E-state index contributed by atoms with van der Waals surface area (Å²) in [5.41, 5.74) is 0.857. The van der Waals surface area contributed by atoms with Crippen molar-refractivity contribution < 1.29 is 9.47 Å². The van der Waals surface area contributed by atoms with Crippen molar-refractivity contribution in [1.82, 2.24) is 4.98 Å². The van der Waals surface area contributed by atoms with Crippen molar-refractivity contribution in [3.05, 3.63) is 30.5 Å². The molecule has 0 amide bonds. The normalized spacial score (nSPS) is 10.1. The molecule has 0 N–H and O–H groups in total. The third-order valence-corrected chi connectivity index (χ3v) is 2.10. The number of hydrogen-bond acceptors (Lipinski definition) is 3. The van der Waals surface area contributed by atoms with Crippen molar-refractivity contribution in [3.8, 4) is 11.5 Å². The molecular formula is C11H11NO2. The quantitative estimate of drug-likeness (QED) is 0.726. The first-order valence-electron chi connectivity index (χ1n) is 4.32. The van der Waals surface area contributed by atoms with Crippen LogP contribution in [0, 0.1) is 0 Å². The van der Waals surface area contributed by atoms with E-state index in [2.05, 4.69) is 4.98 Å². The number of fused-ring (bicyclic) bond motifs is 1. The average molecular weight is 189 g/mol. The summed E-state index contributed by atoms with van der Waals surface area (Å²) in [5.74, 6) is 1.52. The highest BCUT2D eigenvalue weighted by Crippen LogP contribution is 2.28. The summed E-state index contributed by atoms with van der Waals surface area (Å²) in [5, 5.41) is 1.02. The average Bonchev–Trinajstić information content (AvgIpc) is 2.27. The van der Waals surface area contributed by atoms with Gasteiger partial charge in [0.2, 0.25) is 0 Å². The number of pyridine rings is 1. The molecule has 0 unspecified atom stereocenters. The van der Waals surface area contributed by atoms with E-state index in [9.17, 15) is 0 Å². The summed E-state index contributed by atoms with van der Waals surface area (Å²) in [6, 6.07) is 7.63. The summed E-state index contributed by atoms with van der Waals surface area (Å²) in [6.45, 7) is 0. The molecule has 0 spiro atoms. The first-order chi connectivity index (χ1) is 6.85. The van der Waals surface area contributed by atoms with Gasteiger partial charge in [-0.2, -0.15) is 0 Å². The maximum atomic E-state index is 5.23. The van der Waals surface area contributed by atoms with Crippen molar-refractivity contribution in [1.29, 1.82) is 0 Å². The Balaban J connectivity index is 2.73. The SMILES string of the molecule is COc1cc(OC)c2ncccc2c1. The second-order valence-corrected chi connectivity index (χ2v) is 2.90. The molecule has 3 heteroatoms. The minimum absolute atomic E-state index is 0.736. The molecule has 0 aliphatic heterocycles. The van der Waals surface area contributed by atoms with Crippen LogP contribution in [0.5, 0.6) is 11.5 Å². The molecule has 0 aliphatic rings. The molecule has 0 fully saturated rings. The minimum atomic E-state index is 0.736. The highest BCUT2D eigenvalue weighted by atomic mass is 16.5. The molecule has 0 atom stereocenters. The number of ether oxygens (including phenoxy) is 2. The van der Waals surface area contributed by atoms with Crippen molar-refractivity contribution >= 4 is 10.9 Å². The van der Waals surface area contributed by atoms with Gasteiger partial charge in [0, 0.05) is 17.6 Å². The minimum Gasteiger partial charge on any atom is -0.497 e. The molecule has 0 saturated heterocycles. The van der Waals surface area contributed by atoms with Gasteiger partial charge in [-0.05, 0) is 12.1 Å². The van der Waals surface area contributed by atoms with Crippen LogP contribution < -0.4 is 9.47 Å². The molecule has 1 aromatic heterocycles. The van der Waals surface area contributed by atoms with Crippen LogP contribution in [-0.2, 0) is 0 Å². The van der Waals surface area contributed by atoms with Crippen LogP contribution in [0.15, 0.2) is 30.5 Å². The molecule has 1 heterocycles. The number of methoxy groups -OCH3 is 2. The smallest absolute Gasteiger partial charge is 0.148 e. The van der Waals surface area contributed by atoms with Gasteiger partial charge in [0.15, 0.2) is 0 Å². The van der Waals surface area contributed by atoms with Crippen molar-refractivity contribution in [2.24, 2.45) is 0 Å². The van der Waals surface area contributed by atoms with Gasteiger partial charge < -0.3 is 9.47 Å². The Hall–Kier alpha value is -1.77. The van der Waals surface area contributed by atoms with E-state index in [4.69, 9.17) is 9.47 Å². The Morgan fingerprint density at radius 3 is 2.71 bits per heavy atom. The number of benzene rings is 1. The largest absolute Gasteiger partial charge is 0.497 e. The first-order valence-corrected chi connectivity index (χ1v) is 4.32. The molecule has 3 nitrogen and oxygen atoms in total. The van der Waals surface area contributed by atoms with Crippen LogP contribution in [0.2, 0.25) is 0 Å². The molecule has 72 valence electrons. The van der Waals surface area contributed by atoms with Gasteiger partial charge in [0.25, 0.3) is 0 Å². The Morgan fingerprint density at radius 2 is 2.00 bits per heavy atom. The summed E-state index contributed by atoms with van der Waals surface area (Å²) >= 11 is 0. The van der Waals surface area contributed by atoms with Crippen LogP contribution in [0.1, 0.15) is 0 Å². The fourth-order valence-electron chi connectivity index (χ4n) is 1.41. The highest BCUT2D eigenvalue weighted by molar-refractivity contribution is 5.85. The zero-order valence-corrected chi connectivity index (χ0v) is 8.15. The maximum absolute atomic E-state index is 5.23. The zero-order valence-electron chi connectivity index (χ0n) is 8.15. The van der Waals surface area contributed by atoms with Gasteiger partial charge in [-0.15, -0.1) is 0 Å². The van der Waals surface area contributed by atoms with Gasteiger partial charge >= 0.3 is 0 Å². The Labute approximate surface area is 82.3 Å². The van der Waals surface area contributed by atoms with E-state index in [1.807, 2.05) is 24.3 Å². The Morgan fingerprint density at radius 1 is 1.14 bits per heavy atom. The topological polar surface area (TPSA) is 31.4 Å². The van der Waals surface area contributed by atoms with Gasteiger partial charge in [0.1, 0.15) is 17.0 Å². The van der Waals surface area contributed by atoms with Crippen LogP contribution in [0.3, 0.4) is 0 Å². The Bertz CT molecular complexity index is 454. The van der Waals surface area contributed by atoms with E-state index in [-0.39, 0.29) is 0 Å². The van der Waals surface area contributed by atoms with E-state index in [0.29, 0.717) is 0 Å². The standard InChI is InChI=1S/C11H11NO2/c1-13-9-6-8-4-3-5-12-11(8)10(7-9)14-2/h3-7H,1-2H3. The molecule has 0 bridgehead atoms. The van der Waals surface area contributed by atoms with Crippen molar-refractivity contribution in [3.63, 3.8) is 0 Å². The van der Waals surface area contributed by atoms with Crippen molar-refractivity contribution in [2.45, 2.75) is 0 Å². The van der Waals surface area contributed by atoms with Gasteiger partial charge in [0.05, 0.1) is 14.2 Å². The van der Waals surface area contributed by atoms with E-state index < -0.39 is 0 Å². The Kier molecular flexibility index (Phi) is 2.23. The third-order valence-electron chi connectivity index (χ3n) is 2.10. The predicted molar refractivity (Wildman–Crippen MR) is 54.8 cm³/mol. The van der Waals surface area contributed by atoms with E-state index in [1.54, 1.807) is 20.4 Å². The van der Waals surface area contributed by atoms with Crippen LogP contribution in [-0.4, -0.2) is 19.2 Å². The monoisotopic (exact) mass is 189 g/mol. The number of hydrogen-bond donors (Lipinski definition) is 0. The lowest BCUT2D eigenvalue weighted by molar-refractivity contribution is 0.397. The molecule has 0 saturated carbocycles. The molecule has 2 rings (SSSR count). The van der Waals surface area contributed by atoms with E-state index in [1.165, 1.54) is 0 Å².